The van der Waals surface area contributed by atoms with Crippen LogP contribution in [0.5, 0.6) is 0 Å². The Balaban J connectivity index is 1.80. The summed E-state index contributed by atoms with van der Waals surface area (Å²) in [5, 5.41) is 11.6. The van der Waals surface area contributed by atoms with Crippen LogP contribution < -0.4 is 5.32 Å². The Kier molecular flexibility index (Phi) is 4.88. The average Bonchev–Trinajstić information content (AvgIpc) is 2.88. The van der Waals surface area contributed by atoms with Gasteiger partial charge in [0.05, 0.1) is 5.92 Å². The number of hydrogen-bond acceptors (Lipinski definition) is 2. The van der Waals surface area contributed by atoms with Crippen molar-refractivity contribution < 1.29 is 23.5 Å². The topological polar surface area (TPSA) is 66.4 Å². The maximum Gasteiger partial charge on any atom is 0.306 e. The van der Waals surface area contributed by atoms with Crippen molar-refractivity contribution in [3.63, 3.8) is 0 Å². The van der Waals surface area contributed by atoms with Crippen LogP contribution in [0.1, 0.15) is 31.2 Å². The molecular formula is C15H17F2NO3. The summed E-state index contributed by atoms with van der Waals surface area (Å²) >= 11 is 0. The zero-order chi connectivity index (χ0) is 15.4. The summed E-state index contributed by atoms with van der Waals surface area (Å²) in [5.41, 5.74) is 0.167. The maximum absolute atomic E-state index is 13.4. The monoisotopic (exact) mass is 297 g/mol. The van der Waals surface area contributed by atoms with Gasteiger partial charge in [0.15, 0.2) is 0 Å². The van der Waals surface area contributed by atoms with Crippen LogP contribution in [-0.2, 0) is 16.0 Å². The van der Waals surface area contributed by atoms with Crippen molar-refractivity contribution in [2.24, 2.45) is 5.92 Å². The smallest absolute Gasteiger partial charge is 0.306 e. The number of carbonyl (C=O) groups is 2. The Hall–Kier alpha value is -1.98. The molecule has 2 N–H and O–H groups in total. The second kappa shape index (κ2) is 6.65. The average molecular weight is 297 g/mol. The molecule has 1 fully saturated rings. The molecule has 1 aliphatic carbocycles. The molecule has 0 aliphatic heterocycles. The number of carbonyl (C=O) groups excluding carboxylic acids is 1. The predicted octanol–water partition coefficient (Wildman–Crippen LogP) is 2.27. The molecule has 2 atom stereocenters. The molecule has 1 aliphatic rings. The largest absolute Gasteiger partial charge is 0.481 e. The number of hydrogen-bond donors (Lipinski definition) is 2. The van der Waals surface area contributed by atoms with Gasteiger partial charge in [-0.05, 0) is 49.4 Å². The summed E-state index contributed by atoms with van der Waals surface area (Å²) in [6.07, 6.45) is 1.78. The van der Waals surface area contributed by atoms with Gasteiger partial charge in [-0.15, -0.1) is 0 Å². The Morgan fingerprint density at radius 3 is 2.71 bits per heavy atom. The molecule has 4 nitrogen and oxygen atoms in total. The van der Waals surface area contributed by atoms with Crippen LogP contribution in [0.2, 0.25) is 0 Å². The van der Waals surface area contributed by atoms with E-state index in [1.165, 1.54) is 0 Å². The van der Waals surface area contributed by atoms with Gasteiger partial charge in [-0.2, -0.15) is 0 Å². The first-order chi connectivity index (χ1) is 9.95. The van der Waals surface area contributed by atoms with Crippen LogP contribution in [-0.4, -0.2) is 23.0 Å². The molecule has 6 heteroatoms. The molecule has 0 spiro atoms. The second-order valence-electron chi connectivity index (χ2n) is 5.35. The lowest BCUT2D eigenvalue weighted by Crippen LogP contribution is -2.33. The first-order valence-electron chi connectivity index (χ1n) is 6.92. The quantitative estimate of drug-likeness (QED) is 0.876. The number of benzene rings is 1. The molecule has 0 bridgehead atoms. The molecule has 0 radical (unpaired) electrons. The van der Waals surface area contributed by atoms with Crippen LogP contribution in [0.25, 0.3) is 0 Å². The van der Waals surface area contributed by atoms with Crippen molar-refractivity contribution >= 4 is 11.9 Å². The van der Waals surface area contributed by atoms with Crippen molar-refractivity contribution in [3.05, 3.63) is 35.4 Å². The van der Waals surface area contributed by atoms with E-state index < -0.39 is 23.5 Å². The van der Waals surface area contributed by atoms with Crippen molar-refractivity contribution in [2.45, 2.75) is 38.1 Å². The fraction of sp³-hybridized carbons (Fsp3) is 0.467. The zero-order valence-corrected chi connectivity index (χ0v) is 11.4. The summed E-state index contributed by atoms with van der Waals surface area (Å²) in [5.74, 6) is -2.58. The molecule has 1 amide bonds. The number of nitrogens with one attached hydrogen (secondary N) is 1. The number of aryl methyl sites for hydroxylation is 1. The van der Waals surface area contributed by atoms with Crippen molar-refractivity contribution in [3.8, 4) is 0 Å². The highest BCUT2D eigenvalue weighted by Gasteiger charge is 2.30. The molecule has 0 unspecified atom stereocenters. The van der Waals surface area contributed by atoms with Gasteiger partial charge < -0.3 is 10.4 Å². The van der Waals surface area contributed by atoms with Crippen LogP contribution in [0.3, 0.4) is 0 Å². The molecule has 0 aromatic heterocycles. The summed E-state index contributed by atoms with van der Waals surface area (Å²) in [6.45, 7) is 0. The highest BCUT2D eigenvalue weighted by Crippen LogP contribution is 2.25. The third-order valence-electron chi connectivity index (χ3n) is 3.78. The molecule has 0 heterocycles. The van der Waals surface area contributed by atoms with E-state index in [0.717, 1.165) is 18.2 Å². The highest BCUT2D eigenvalue weighted by molar-refractivity contribution is 5.77. The molecule has 1 aromatic rings. The second-order valence-corrected chi connectivity index (χ2v) is 5.35. The highest BCUT2D eigenvalue weighted by atomic mass is 19.1. The Labute approximate surface area is 121 Å². The predicted molar refractivity (Wildman–Crippen MR) is 71.6 cm³/mol. The van der Waals surface area contributed by atoms with E-state index in [2.05, 4.69) is 5.32 Å². The number of amides is 1. The number of carboxylic acids is 1. The molecular weight excluding hydrogens is 280 g/mol. The van der Waals surface area contributed by atoms with E-state index in [9.17, 15) is 18.4 Å². The Morgan fingerprint density at radius 2 is 2.05 bits per heavy atom. The lowest BCUT2D eigenvalue weighted by atomic mass is 10.1. The lowest BCUT2D eigenvalue weighted by molar-refractivity contribution is -0.141. The number of carboxylic acid groups (broad SMARTS) is 1. The van der Waals surface area contributed by atoms with E-state index in [-0.39, 0.29) is 30.4 Å². The molecule has 1 aromatic carbocycles. The third-order valence-corrected chi connectivity index (χ3v) is 3.78. The third kappa shape index (κ3) is 4.24. The van der Waals surface area contributed by atoms with Crippen LogP contribution in [0, 0.1) is 17.6 Å². The summed E-state index contributed by atoms with van der Waals surface area (Å²) < 4.78 is 26.4. The van der Waals surface area contributed by atoms with Gasteiger partial charge in [0, 0.05) is 12.5 Å². The summed E-state index contributed by atoms with van der Waals surface area (Å²) in [4.78, 5) is 22.6. The van der Waals surface area contributed by atoms with Gasteiger partial charge in [0.2, 0.25) is 5.91 Å². The molecule has 114 valence electrons. The van der Waals surface area contributed by atoms with Gasteiger partial charge in [0.25, 0.3) is 0 Å². The Morgan fingerprint density at radius 1 is 1.29 bits per heavy atom. The molecule has 0 saturated heterocycles. The standard InChI is InChI=1S/C15H17F2NO3/c16-11-3-5-13(17)9(7-11)2-6-14(19)18-12-4-1-10(8-12)15(20)21/h3,5,7,10,12H,1-2,4,6,8H2,(H,18,19)(H,20,21)/t10-,12-/m0/s1. The van der Waals surface area contributed by atoms with E-state index in [0.29, 0.717) is 19.3 Å². The Bertz CT molecular complexity index is 548. The zero-order valence-electron chi connectivity index (χ0n) is 11.4. The van der Waals surface area contributed by atoms with Gasteiger partial charge in [-0.3, -0.25) is 9.59 Å². The van der Waals surface area contributed by atoms with Gasteiger partial charge in [0.1, 0.15) is 11.6 Å². The molecule has 2 rings (SSSR count). The van der Waals surface area contributed by atoms with E-state index in [1.54, 1.807) is 0 Å². The first-order valence-corrected chi connectivity index (χ1v) is 6.92. The fourth-order valence-corrected chi connectivity index (χ4v) is 2.62. The minimum Gasteiger partial charge on any atom is -0.481 e. The first kappa shape index (κ1) is 15.4. The van der Waals surface area contributed by atoms with Crippen molar-refractivity contribution in [2.75, 3.05) is 0 Å². The lowest BCUT2D eigenvalue weighted by Gasteiger charge is -2.12. The van der Waals surface area contributed by atoms with Gasteiger partial charge in [-0.25, -0.2) is 8.78 Å². The van der Waals surface area contributed by atoms with Crippen LogP contribution in [0.15, 0.2) is 18.2 Å². The normalized spacial score (nSPS) is 21.2. The molecule has 21 heavy (non-hydrogen) atoms. The number of halogens is 2. The van der Waals surface area contributed by atoms with E-state index in [1.807, 2.05) is 0 Å². The fourth-order valence-electron chi connectivity index (χ4n) is 2.62. The van der Waals surface area contributed by atoms with E-state index in [4.69, 9.17) is 5.11 Å². The maximum atomic E-state index is 13.4. The number of aliphatic carboxylic acids is 1. The van der Waals surface area contributed by atoms with Crippen LogP contribution >= 0.6 is 0 Å². The van der Waals surface area contributed by atoms with Crippen LogP contribution in [0.4, 0.5) is 8.78 Å². The summed E-state index contributed by atoms with van der Waals surface area (Å²) in [6, 6.07) is 3.01. The SMILES string of the molecule is O=C(CCc1cc(F)ccc1F)N[C@H]1CC[C@H](C(=O)O)C1. The van der Waals surface area contributed by atoms with Crippen molar-refractivity contribution in [1.29, 1.82) is 0 Å². The van der Waals surface area contributed by atoms with Crippen molar-refractivity contribution in [1.82, 2.24) is 5.32 Å². The van der Waals surface area contributed by atoms with Gasteiger partial charge >= 0.3 is 5.97 Å². The number of rotatable bonds is 5. The minimum atomic E-state index is -0.839. The molecule has 1 saturated carbocycles. The minimum absolute atomic E-state index is 0.0502. The summed E-state index contributed by atoms with van der Waals surface area (Å²) in [7, 11) is 0. The van der Waals surface area contributed by atoms with Gasteiger partial charge in [-0.1, -0.05) is 0 Å². The van der Waals surface area contributed by atoms with E-state index >= 15 is 0 Å².